The molecule has 2 N–H and O–H groups in total. The van der Waals surface area contributed by atoms with Gasteiger partial charge < -0.3 is 5.73 Å². The minimum absolute atomic E-state index is 0.251. The zero-order valence-corrected chi connectivity index (χ0v) is 11.0. The SMILES string of the molecule is NC(=O)C1c2ccc(Cl)cc2CCN1CC1CC1. The van der Waals surface area contributed by atoms with Crippen LogP contribution in [0, 0.1) is 5.92 Å². The standard InChI is InChI=1S/C14H17ClN2O/c15-11-3-4-12-10(7-11)5-6-17(8-9-1-2-9)13(12)14(16)18/h3-4,7,9,13H,1-2,5-6,8H2,(H2,16,18). The molecule has 1 aromatic rings. The van der Waals surface area contributed by atoms with E-state index in [-0.39, 0.29) is 11.9 Å². The number of rotatable bonds is 3. The summed E-state index contributed by atoms with van der Waals surface area (Å²) in [5.41, 5.74) is 7.80. The molecule has 1 atom stereocenters. The van der Waals surface area contributed by atoms with Gasteiger partial charge in [-0.1, -0.05) is 17.7 Å². The van der Waals surface area contributed by atoms with Gasteiger partial charge in [-0.05, 0) is 48.4 Å². The molecular formula is C14H17ClN2O. The van der Waals surface area contributed by atoms with Crippen LogP contribution in [-0.4, -0.2) is 23.9 Å². The number of nitrogens with zero attached hydrogens (tertiary/aromatic N) is 1. The van der Waals surface area contributed by atoms with Crippen LogP contribution in [-0.2, 0) is 11.2 Å². The molecule has 4 heteroatoms. The molecular weight excluding hydrogens is 248 g/mol. The highest BCUT2D eigenvalue weighted by molar-refractivity contribution is 6.30. The van der Waals surface area contributed by atoms with Crippen molar-refractivity contribution in [3.05, 3.63) is 34.3 Å². The topological polar surface area (TPSA) is 46.3 Å². The molecule has 1 aliphatic carbocycles. The molecule has 18 heavy (non-hydrogen) atoms. The molecule has 3 rings (SSSR count). The molecule has 2 aliphatic rings. The van der Waals surface area contributed by atoms with Gasteiger partial charge in [0, 0.05) is 18.1 Å². The first kappa shape index (κ1) is 12.0. The highest BCUT2D eigenvalue weighted by atomic mass is 35.5. The van der Waals surface area contributed by atoms with Crippen LogP contribution in [0.15, 0.2) is 18.2 Å². The zero-order chi connectivity index (χ0) is 12.7. The van der Waals surface area contributed by atoms with Crippen molar-refractivity contribution in [3.8, 4) is 0 Å². The molecule has 1 aliphatic heterocycles. The number of primary amides is 1. The van der Waals surface area contributed by atoms with Gasteiger partial charge in [0.1, 0.15) is 6.04 Å². The average Bonchev–Trinajstić information content (AvgIpc) is 3.12. The van der Waals surface area contributed by atoms with Crippen LogP contribution >= 0.6 is 11.6 Å². The molecule has 0 spiro atoms. The van der Waals surface area contributed by atoms with Crippen molar-refractivity contribution in [2.75, 3.05) is 13.1 Å². The number of carbonyl (C=O) groups is 1. The second-order valence-electron chi connectivity index (χ2n) is 5.34. The summed E-state index contributed by atoms with van der Waals surface area (Å²) in [5, 5.41) is 0.729. The van der Waals surface area contributed by atoms with Gasteiger partial charge in [-0.2, -0.15) is 0 Å². The van der Waals surface area contributed by atoms with Crippen molar-refractivity contribution in [1.82, 2.24) is 4.90 Å². The number of hydrogen-bond acceptors (Lipinski definition) is 2. The van der Waals surface area contributed by atoms with Crippen molar-refractivity contribution < 1.29 is 4.79 Å². The summed E-state index contributed by atoms with van der Waals surface area (Å²) in [5.74, 6) is 0.514. The molecule has 0 saturated heterocycles. The summed E-state index contributed by atoms with van der Waals surface area (Å²) < 4.78 is 0. The summed E-state index contributed by atoms with van der Waals surface area (Å²) in [4.78, 5) is 14.0. The van der Waals surface area contributed by atoms with E-state index in [0.717, 1.165) is 36.0 Å². The first-order valence-electron chi connectivity index (χ1n) is 6.47. The van der Waals surface area contributed by atoms with Gasteiger partial charge in [0.05, 0.1) is 0 Å². The first-order chi connectivity index (χ1) is 8.65. The van der Waals surface area contributed by atoms with Crippen LogP contribution in [0.4, 0.5) is 0 Å². The van der Waals surface area contributed by atoms with Crippen LogP contribution in [0.5, 0.6) is 0 Å². The predicted molar refractivity (Wildman–Crippen MR) is 71.4 cm³/mol. The maximum Gasteiger partial charge on any atom is 0.239 e. The fourth-order valence-corrected chi connectivity index (χ4v) is 3.00. The van der Waals surface area contributed by atoms with Gasteiger partial charge in [0.2, 0.25) is 5.91 Å². The quantitative estimate of drug-likeness (QED) is 0.909. The maximum absolute atomic E-state index is 11.8. The highest BCUT2D eigenvalue weighted by Gasteiger charge is 2.35. The van der Waals surface area contributed by atoms with Crippen LogP contribution in [0.1, 0.15) is 30.0 Å². The number of hydrogen-bond donors (Lipinski definition) is 1. The number of benzene rings is 1. The Labute approximate surface area is 112 Å². The summed E-state index contributed by atoms with van der Waals surface area (Å²) in [6.07, 6.45) is 3.53. The number of amides is 1. The Hall–Kier alpha value is -1.06. The summed E-state index contributed by atoms with van der Waals surface area (Å²) >= 11 is 6.00. The van der Waals surface area contributed by atoms with Crippen molar-refractivity contribution in [1.29, 1.82) is 0 Å². The Balaban J connectivity index is 1.92. The summed E-state index contributed by atoms with van der Waals surface area (Å²) in [6.45, 7) is 1.90. The largest absolute Gasteiger partial charge is 0.368 e. The van der Waals surface area contributed by atoms with Gasteiger partial charge in [-0.15, -0.1) is 0 Å². The Kier molecular flexibility index (Phi) is 3.04. The molecule has 1 aromatic carbocycles. The lowest BCUT2D eigenvalue weighted by Crippen LogP contribution is -2.43. The Bertz CT molecular complexity index is 485. The van der Waals surface area contributed by atoms with Gasteiger partial charge >= 0.3 is 0 Å². The number of halogens is 1. The third kappa shape index (κ3) is 2.25. The van der Waals surface area contributed by atoms with E-state index in [1.165, 1.54) is 18.4 Å². The molecule has 0 radical (unpaired) electrons. The van der Waals surface area contributed by atoms with E-state index in [9.17, 15) is 4.79 Å². The first-order valence-corrected chi connectivity index (χ1v) is 6.84. The number of fused-ring (bicyclic) bond motifs is 1. The molecule has 3 nitrogen and oxygen atoms in total. The van der Waals surface area contributed by atoms with Crippen molar-refractivity contribution in [2.45, 2.75) is 25.3 Å². The molecule has 1 unspecified atom stereocenters. The van der Waals surface area contributed by atoms with E-state index >= 15 is 0 Å². The van der Waals surface area contributed by atoms with Crippen LogP contribution in [0.25, 0.3) is 0 Å². The number of nitrogens with two attached hydrogens (primary N) is 1. The fraction of sp³-hybridized carbons (Fsp3) is 0.500. The average molecular weight is 265 g/mol. The fourth-order valence-electron chi connectivity index (χ4n) is 2.81. The smallest absolute Gasteiger partial charge is 0.239 e. The van der Waals surface area contributed by atoms with E-state index in [0.29, 0.717) is 0 Å². The van der Waals surface area contributed by atoms with Gasteiger partial charge in [0.25, 0.3) is 0 Å². The third-order valence-corrected chi connectivity index (χ3v) is 4.13. The second kappa shape index (κ2) is 4.56. The maximum atomic E-state index is 11.8. The Morgan fingerprint density at radius 1 is 1.44 bits per heavy atom. The van der Waals surface area contributed by atoms with Crippen LogP contribution in [0.2, 0.25) is 5.02 Å². The molecule has 96 valence electrons. The van der Waals surface area contributed by atoms with Gasteiger partial charge in [0.15, 0.2) is 0 Å². The lowest BCUT2D eigenvalue weighted by atomic mass is 9.92. The van der Waals surface area contributed by atoms with Crippen molar-refractivity contribution in [3.63, 3.8) is 0 Å². The lowest BCUT2D eigenvalue weighted by Gasteiger charge is -2.35. The van der Waals surface area contributed by atoms with E-state index in [2.05, 4.69) is 4.90 Å². The normalized spacial score (nSPS) is 23.7. The minimum Gasteiger partial charge on any atom is -0.368 e. The summed E-state index contributed by atoms with van der Waals surface area (Å²) in [7, 11) is 0. The van der Waals surface area contributed by atoms with Crippen molar-refractivity contribution in [2.24, 2.45) is 11.7 Å². The van der Waals surface area contributed by atoms with E-state index < -0.39 is 0 Å². The lowest BCUT2D eigenvalue weighted by molar-refractivity contribution is -0.123. The minimum atomic E-state index is -0.272. The molecule has 0 aromatic heterocycles. The Morgan fingerprint density at radius 3 is 2.89 bits per heavy atom. The second-order valence-corrected chi connectivity index (χ2v) is 5.77. The monoisotopic (exact) mass is 264 g/mol. The highest BCUT2D eigenvalue weighted by Crippen LogP contribution is 2.36. The molecule has 1 saturated carbocycles. The molecule has 1 heterocycles. The summed E-state index contributed by atoms with van der Waals surface area (Å²) in [6, 6.07) is 5.48. The van der Waals surface area contributed by atoms with Gasteiger partial charge in [-0.3, -0.25) is 9.69 Å². The Morgan fingerprint density at radius 2 is 2.22 bits per heavy atom. The van der Waals surface area contributed by atoms with Crippen molar-refractivity contribution >= 4 is 17.5 Å². The van der Waals surface area contributed by atoms with Gasteiger partial charge in [-0.25, -0.2) is 0 Å². The van der Waals surface area contributed by atoms with Crippen LogP contribution < -0.4 is 5.73 Å². The molecule has 1 amide bonds. The zero-order valence-electron chi connectivity index (χ0n) is 10.2. The predicted octanol–water partition coefficient (Wildman–Crippen LogP) is 2.13. The molecule has 0 bridgehead atoms. The van der Waals surface area contributed by atoms with E-state index in [4.69, 9.17) is 17.3 Å². The van der Waals surface area contributed by atoms with E-state index in [1.807, 2.05) is 18.2 Å². The number of carbonyl (C=O) groups excluding carboxylic acids is 1. The third-order valence-electron chi connectivity index (χ3n) is 3.89. The molecule has 1 fully saturated rings. The van der Waals surface area contributed by atoms with Crippen LogP contribution in [0.3, 0.4) is 0 Å². The van der Waals surface area contributed by atoms with E-state index in [1.54, 1.807) is 0 Å².